The van der Waals surface area contributed by atoms with Crippen LogP contribution in [0, 0.1) is 10.9 Å². The first-order valence-corrected chi connectivity index (χ1v) is 4.01. The molecule has 9 nitrogen and oxygen atoms in total. The van der Waals surface area contributed by atoms with Gasteiger partial charge in [0.25, 0.3) is 11.8 Å². The van der Waals surface area contributed by atoms with Crippen molar-refractivity contribution in [1.29, 1.82) is 10.9 Å². The molecule has 86 valence electrons. The zero-order valence-electron chi connectivity index (χ0n) is 8.74. The fourth-order valence-corrected chi connectivity index (χ4v) is 0.763. The van der Waals surface area contributed by atoms with Crippen molar-refractivity contribution in [1.82, 2.24) is 5.32 Å². The van der Waals surface area contributed by atoms with Crippen LogP contribution in [-0.2, 0) is 9.59 Å². The molecule has 0 radical (unpaired) electrons. The fraction of sp³-hybridized carbons (Fsp3) is 0.286. The van der Waals surface area contributed by atoms with E-state index in [4.69, 9.17) is 16.7 Å². The van der Waals surface area contributed by atoms with Crippen molar-refractivity contribution in [3.63, 3.8) is 0 Å². The summed E-state index contributed by atoms with van der Waals surface area (Å²) in [4.78, 5) is 22.0. The highest BCUT2D eigenvalue weighted by Crippen LogP contribution is 2.10. The number of azo groups is 1. The monoisotopic (exact) mass is 225 g/mol. The van der Waals surface area contributed by atoms with Gasteiger partial charge >= 0.3 is 0 Å². The topological polar surface area (TPSA) is 157 Å². The molecule has 5 N–H and O–H groups in total. The average Bonchev–Trinajstić information content (AvgIpc) is 2.27. The molecule has 2 amide bonds. The lowest BCUT2D eigenvalue weighted by Gasteiger charge is -2.03. The molecule has 0 aromatic rings. The molecule has 0 fully saturated rings. The number of hydrogen-bond acceptors (Lipinski definition) is 7. The van der Waals surface area contributed by atoms with Gasteiger partial charge in [0.05, 0.1) is 0 Å². The molecule has 9 heteroatoms. The summed E-state index contributed by atoms with van der Waals surface area (Å²) in [6.45, 7) is 0. The standard InChI is InChI=1S/C7H11N7O2/c1-11-7(16)5(14-12-2)4(13-10)3(8)6(9)15/h8,10H,1-2H3,(H2,9,15)(H,11,16)/b5-4+,8-3?,13-10?,14-12-. The number of likely N-dealkylation sites (N-methyl/N-ethyl adjacent to an activating group) is 1. The van der Waals surface area contributed by atoms with Crippen LogP contribution in [0.4, 0.5) is 0 Å². The maximum absolute atomic E-state index is 11.3. The van der Waals surface area contributed by atoms with Gasteiger partial charge in [-0.3, -0.25) is 15.0 Å². The molecule has 0 saturated carbocycles. The van der Waals surface area contributed by atoms with E-state index in [1.165, 1.54) is 14.1 Å². The number of hydrogen-bond donors (Lipinski definition) is 4. The van der Waals surface area contributed by atoms with Crippen LogP contribution >= 0.6 is 0 Å². The third kappa shape index (κ3) is 3.04. The number of primary amides is 1. The van der Waals surface area contributed by atoms with Crippen LogP contribution in [0.25, 0.3) is 0 Å². The summed E-state index contributed by atoms with van der Waals surface area (Å²) in [7, 11) is 2.61. The van der Waals surface area contributed by atoms with Gasteiger partial charge in [-0.1, -0.05) is 0 Å². The third-order valence-corrected chi connectivity index (χ3v) is 1.46. The van der Waals surface area contributed by atoms with Crippen molar-refractivity contribution in [2.75, 3.05) is 14.1 Å². The maximum atomic E-state index is 11.3. The van der Waals surface area contributed by atoms with Gasteiger partial charge in [-0.15, -0.1) is 5.11 Å². The molecule has 0 aliphatic rings. The van der Waals surface area contributed by atoms with E-state index in [0.717, 1.165) is 0 Å². The molecule has 0 aromatic carbocycles. The van der Waals surface area contributed by atoms with Crippen molar-refractivity contribution >= 4 is 17.5 Å². The minimum atomic E-state index is -1.11. The van der Waals surface area contributed by atoms with Crippen LogP contribution in [0.15, 0.2) is 26.7 Å². The first kappa shape index (κ1) is 13.5. The zero-order valence-corrected chi connectivity index (χ0v) is 8.74. The number of nitrogens with one attached hydrogen (secondary N) is 3. The summed E-state index contributed by atoms with van der Waals surface area (Å²) < 4.78 is 0. The first-order chi connectivity index (χ1) is 7.49. The minimum absolute atomic E-state index is 0.413. The van der Waals surface area contributed by atoms with E-state index in [9.17, 15) is 9.59 Å². The third-order valence-electron chi connectivity index (χ3n) is 1.46. The van der Waals surface area contributed by atoms with Crippen molar-refractivity contribution in [3.8, 4) is 0 Å². The number of rotatable bonds is 5. The van der Waals surface area contributed by atoms with Crippen LogP contribution in [-0.4, -0.2) is 31.6 Å². The van der Waals surface area contributed by atoms with Gasteiger partial charge in [0, 0.05) is 14.1 Å². The Balaban J connectivity index is 5.68. The Morgan fingerprint density at radius 1 is 1.31 bits per heavy atom. The minimum Gasteiger partial charge on any atom is -0.364 e. The zero-order chi connectivity index (χ0) is 12.7. The van der Waals surface area contributed by atoms with Gasteiger partial charge in [-0.05, 0) is 0 Å². The molecule has 0 aliphatic heterocycles. The number of carbonyl (C=O) groups is 2. The first-order valence-electron chi connectivity index (χ1n) is 4.01. The summed E-state index contributed by atoms with van der Waals surface area (Å²) >= 11 is 0. The Bertz CT molecular complexity index is 396. The second kappa shape index (κ2) is 6.11. The lowest BCUT2D eigenvalue weighted by Crippen LogP contribution is -2.27. The summed E-state index contributed by atoms with van der Waals surface area (Å²) in [5, 5.41) is 19.1. The van der Waals surface area contributed by atoms with Crippen LogP contribution in [0.3, 0.4) is 0 Å². The average molecular weight is 225 g/mol. The normalized spacial score (nSPS) is 11.9. The molecule has 0 atom stereocenters. The molecule has 0 bridgehead atoms. The van der Waals surface area contributed by atoms with E-state index in [1.54, 1.807) is 0 Å². The molecule has 0 spiro atoms. The molecule has 16 heavy (non-hydrogen) atoms. The lowest BCUT2D eigenvalue weighted by molar-refractivity contribution is -0.117. The van der Waals surface area contributed by atoms with E-state index >= 15 is 0 Å². The highest BCUT2D eigenvalue weighted by molar-refractivity contribution is 6.44. The van der Waals surface area contributed by atoms with Crippen molar-refractivity contribution in [2.45, 2.75) is 0 Å². The van der Waals surface area contributed by atoms with E-state index in [0.29, 0.717) is 0 Å². The predicted molar refractivity (Wildman–Crippen MR) is 53.9 cm³/mol. The molecular weight excluding hydrogens is 214 g/mol. The fourth-order valence-electron chi connectivity index (χ4n) is 0.763. The molecule has 0 saturated heterocycles. The van der Waals surface area contributed by atoms with Gasteiger partial charge in [-0.25, -0.2) is 5.53 Å². The lowest BCUT2D eigenvalue weighted by atomic mass is 10.2. The van der Waals surface area contributed by atoms with Crippen LogP contribution < -0.4 is 11.1 Å². The van der Waals surface area contributed by atoms with Gasteiger partial charge in [0.2, 0.25) is 0 Å². The van der Waals surface area contributed by atoms with Gasteiger partial charge in [0.1, 0.15) is 11.4 Å². The van der Waals surface area contributed by atoms with Gasteiger partial charge < -0.3 is 11.1 Å². The maximum Gasteiger partial charge on any atom is 0.273 e. The van der Waals surface area contributed by atoms with Crippen LogP contribution in [0.2, 0.25) is 0 Å². The summed E-state index contributed by atoms with van der Waals surface area (Å²) in [6.07, 6.45) is 0. The number of amides is 2. The molecule has 0 unspecified atom stereocenters. The SMILES string of the molecule is C/N=N\C(C(=O)NC)=C(\N=N)C(=N)C(N)=O. The van der Waals surface area contributed by atoms with E-state index in [2.05, 4.69) is 20.7 Å². The second-order valence-electron chi connectivity index (χ2n) is 2.43. The summed E-state index contributed by atoms with van der Waals surface area (Å²) in [5.74, 6) is -1.83. The van der Waals surface area contributed by atoms with Gasteiger partial charge in [-0.2, -0.15) is 10.2 Å². The number of nitrogens with two attached hydrogens (primary N) is 1. The van der Waals surface area contributed by atoms with Crippen LogP contribution in [0.5, 0.6) is 0 Å². The molecule has 0 rings (SSSR count). The predicted octanol–water partition coefficient (Wildman–Crippen LogP) is -0.438. The number of nitrogens with zero attached hydrogens (tertiary/aromatic N) is 3. The van der Waals surface area contributed by atoms with Crippen LogP contribution in [0.1, 0.15) is 0 Å². The smallest absolute Gasteiger partial charge is 0.273 e. The summed E-state index contributed by atoms with van der Waals surface area (Å²) in [6, 6.07) is 0. The molecule has 0 aliphatic carbocycles. The van der Waals surface area contributed by atoms with Crippen molar-refractivity contribution in [2.24, 2.45) is 21.1 Å². The highest BCUT2D eigenvalue weighted by atomic mass is 16.2. The molecular formula is C7H11N7O2. The highest BCUT2D eigenvalue weighted by Gasteiger charge is 2.21. The largest absolute Gasteiger partial charge is 0.364 e. The van der Waals surface area contributed by atoms with Crippen molar-refractivity contribution < 1.29 is 9.59 Å². The van der Waals surface area contributed by atoms with E-state index < -0.39 is 28.9 Å². The van der Waals surface area contributed by atoms with E-state index in [-0.39, 0.29) is 0 Å². The quantitative estimate of drug-likeness (QED) is 0.284. The van der Waals surface area contributed by atoms with Crippen molar-refractivity contribution in [3.05, 3.63) is 11.4 Å². The Morgan fingerprint density at radius 2 is 1.88 bits per heavy atom. The van der Waals surface area contributed by atoms with E-state index in [1.807, 2.05) is 0 Å². The summed E-state index contributed by atoms with van der Waals surface area (Å²) in [5.41, 5.74) is 9.92. The van der Waals surface area contributed by atoms with Gasteiger partial charge in [0.15, 0.2) is 5.70 Å². The Kier molecular flexibility index (Phi) is 5.18. The second-order valence-corrected chi connectivity index (χ2v) is 2.43. The Labute approximate surface area is 90.8 Å². The molecule has 0 aromatic heterocycles. The number of carbonyl (C=O) groups excluding carboxylic acids is 2. The Morgan fingerprint density at radius 3 is 2.19 bits per heavy atom. The molecule has 0 heterocycles. The Hall–Kier alpha value is -2.45.